The number of amides is 1. The highest BCUT2D eigenvalue weighted by Gasteiger charge is 2.21. The minimum atomic E-state index is 0.0348. The SMILES string of the molecule is CCOc1cc2oc3c(c2cc1/C(C)=C/C(=O)N1CCOCC1)CCCC3. The maximum Gasteiger partial charge on any atom is 0.247 e. The number of carbonyl (C=O) groups is 1. The molecule has 0 spiro atoms. The number of ether oxygens (including phenoxy) is 2. The zero-order valence-electron chi connectivity index (χ0n) is 16.2. The van der Waals surface area contributed by atoms with Gasteiger partial charge in [-0.25, -0.2) is 0 Å². The topological polar surface area (TPSA) is 51.9 Å². The first-order valence-electron chi connectivity index (χ1n) is 9.93. The number of morpholine rings is 1. The summed E-state index contributed by atoms with van der Waals surface area (Å²) in [5.74, 6) is 1.93. The highest BCUT2D eigenvalue weighted by Crippen LogP contribution is 2.38. The van der Waals surface area contributed by atoms with Crippen LogP contribution in [0.5, 0.6) is 5.75 Å². The summed E-state index contributed by atoms with van der Waals surface area (Å²) in [7, 11) is 0. The molecule has 1 aromatic heterocycles. The summed E-state index contributed by atoms with van der Waals surface area (Å²) in [6.07, 6.45) is 6.18. The second kappa shape index (κ2) is 7.77. The zero-order valence-corrected chi connectivity index (χ0v) is 16.2. The molecule has 4 rings (SSSR count). The summed E-state index contributed by atoms with van der Waals surface area (Å²) in [6.45, 7) is 7.04. The minimum absolute atomic E-state index is 0.0348. The number of furan rings is 1. The molecule has 0 bridgehead atoms. The van der Waals surface area contributed by atoms with Crippen LogP contribution in [0.2, 0.25) is 0 Å². The fourth-order valence-electron chi connectivity index (χ4n) is 4.01. The average Bonchev–Trinajstić information content (AvgIpc) is 3.05. The van der Waals surface area contributed by atoms with E-state index in [0.717, 1.165) is 46.5 Å². The first-order chi connectivity index (χ1) is 13.2. The van der Waals surface area contributed by atoms with E-state index < -0.39 is 0 Å². The largest absolute Gasteiger partial charge is 0.493 e. The Labute approximate surface area is 159 Å². The van der Waals surface area contributed by atoms with E-state index in [-0.39, 0.29) is 5.91 Å². The molecule has 0 unspecified atom stereocenters. The van der Waals surface area contributed by atoms with Gasteiger partial charge in [-0.2, -0.15) is 0 Å². The normalized spacial score (nSPS) is 17.9. The van der Waals surface area contributed by atoms with Crippen molar-refractivity contribution in [1.29, 1.82) is 0 Å². The molecule has 1 aromatic carbocycles. The van der Waals surface area contributed by atoms with E-state index in [4.69, 9.17) is 13.9 Å². The zero-order chi connectivity index (χ0) is 18.8. The molecule has 144 valence electrons. The van der Waals surface area contributed by atoms with Crippen LogP contribution < -0.4 is 4.74 Å². The van der Waals surface area contributed by atoms with E-state index in [0.29, 0.717) is 32.9 Å². The van der Waals surface area contributed by atoms with E-state index in [9.17, 15) is 4.79 Å². The monoisotopic (exact) mass is 369 g/mol. The Hall–Kier alpha value is -2.27. The fraction of sp³-hybridized carbons (Fsp3) is 0.500. The van der Waals surface area contributed by atoms with Gasteiger partial charge < -0.3 is 18.8 Å². The van der Waals surface area contributed by atoms with E-state index in [1.165, 1.54) is 18.4 Å². The van der Waals surface area contributed by atoms with Crippen molar-refractivity contribution in [3.63, 3.8) is 0 Å². The molecule has 1 aliphatic carbocycles. The van der Waals surface area contributed by atoms with Gasteiger partial charge in [-0.05, 0) is 44.7 Å². The van der Waals surface area contributed by atoms with Gasteiger partial charge in [0.1, 0.15) is 17.1 Å². The van der Waals surface area contributed by atoms with Crippen LogP contribution in [-0.2, 0) is 22.4 Å². The molecule has 2 heterocycles. The summed E-state index contributed by atoms with van der Waals surface area (Å²) in [5, 5.41) is 1.16. The van der Waals surface area contributed by atoms with Crippen molar-refractivity contribution in [2.45, 2.75) is 39.5 Å². The van der Waals surface area contributed by atoms with Crippen molar-refractivity contribution in [2.24, 2.45) is 0 Å². The molecule has 2 aromatic rings. The first-order valence-corrected chi connectivity index (χ1v) is 9.93. The van der Waals surface area contributed by atoms with E-state index in [2.05, 4.69) is 6.07 Å². The Morgan fingerprint density at radius 1 is 1.22 bits per heavy atom. The molecular weight excluding hydrogens is 342 g/mol. The number of hydrogen-bond acceptors (Lipinski definition) is 4. The first kappa shape index (κ1) is 18.1. The van der Waals surface area contributed by atoms with Crippen LogP contribution in [0.4, 0.5) is 0 Å². The molecule has 27 heavy (non-hydrogen) atoms. The Kier molecular flexibility index (Phi) is 5.21. The number of nitrogens with zero attached hydrogens (tertiary/aromatic N) is 1. The molecule has 2 aliphatic rings. The molecule has 0 N–H and O–H groups in total. The Morgan fingerprint density at radius 3 is 2.78 bits per heavy atom. The lowest BCUT2D eigenvalue weighted by molar-refractivity contribution is -0.129. The molecule has 5 heteroatoms. The number of rotatable bonds is 4. The van der Waals surface area contributed by atoms with Crippen molar-refractivity contribution < 1.29 is 18.7 Å². The number of aryl methyl sites for hydroxylation is 2. The highest BCUT2D eigenvalue weighted by molar-refractivity contribution is 5.97. The predicted molar refractivity (Wildman–Crippen MR) is 105 cm³/mol. The van der Waals surface area contributed by atoms with E-state index in [1.807, 2.05) is 24.8 Å². The summed E-state index contributed by atoms with van der Waals surface area (Å²) in [5.41, 5.74) is 4.11. The molecule has 1 fully saturated rings. The Bertz CT molecular complexity index is 874. The summed E-state index contributed by atoms with van der Waals surface area (Å²) < 4.78 is 17.3. The van der Waals surface area contributed by atoms with E-state index in [1.54, 1.807) is 6.08 Å². The Morgan fingerprint density at radius 2 is 2.00 bits per heavy atom. The molecular formula is C22H27NO4. The predicted octanol–water partition coefficient (Wildman–Crippen LogP) is 3.97. The summed E-state index contributed by atoms with van der Waals surface area (Å²) >= 11 is 0. The van der Waals surface area contributed by atoms with Gasteiger partial charge in [0.2, 0.25) is 5.91 Å². The van der Waals surface area contributed by atoms with Gasteiger partial charge in [0.05, 0.1) is 19.8 Å². The van der Waals surface area contributed by atoms with Crippen molar-refractivity contribution in [2.75, 3.05) is 32.9 Å². The lowest BCUT2D eigenvalue weighted by Crippen LogP contribution is -2.39. The quantitative estimate of drug-likeness (QED) is 0.765. The molecule has 1 saturated heterocycles. The van der Waals surface area contributed by atoms with Gasteiger partial charge in [-0.1, -0.05) is 0 Å². The third-order valence-electron chi connectivity index (χ3n) is 5.44. The van der Waals surface area contributed by atoms with Gasteiger partial charge in [-0.15, -0.1) is 0 Å². The third kappa shape index (κ3) is 3.61. The lowest BCUT2D eigenvalue weighted by atomic mass is 9.94. The maximum atomic E-state index is 12.6. The molecule has 1 aliphatic heterocycles. The molecule has 0 radical (unpaired) electrons. The van der Waals surface area contributed by atoms with Crippen LogP contribution in [0.1, 0.15) is 43.6 Å². The highest BCUT2D eigenvalue weighted by atomic mass is 16.5. The van der Waals surface area contributed by atoms with E-state index >= 15 is 0 Å². The fourth-order valence-corrected chi connectivity index (χ4v) is 4.01. The second-order valence-corrected chi connectivity index (χ2v) is 7.25. The number of benzene rings is 1. The summed E-state index contributed by atoms with van der Waals surface area (Å²) in [4.78, 5) is 14.5. The Balaban J connectivity index is 1.72. The lowest BCUT2D eigenvalue weighted by Gasteiger charge is -2.26. The molecule has 0 saturated carbocycles. The van der Waals surface area contributed by atoms with Crippen LogP contribution >= 0.6 is 0 Å². The number of fused-ring (bicyclic) bond motifs is 3. The number of carbonyl (C=O) groups excluding carboxylic acids is 1. The van der Waals surface area contributed by atoms with Gasteiger partial charge in [0.15, 0.2) is 0 Å². The number of hydrogen-bond donors (Lipinski definition) is 0. The summed E-state index contributed by atoms with van der Waals surface area (Å²) in [6, 6.07) is 4.13. The van der Waals surface area contributed by atoms with Crippen LogP contribution in [-0.4, -0.2) is 43.7 Å². The van der Waals surface area contributed by atoms with Crippen molar-refractivity contribution in [3.8, 4) is 5.75 Å². The van der Waals surface area contributed by atoms with Gasteiger partial charge in [0, 0.05) is 48.2 Å². The maximum absolute atomic E-state index is 12.6. The second-order valence-electron chi connectivity index (χ2n) is 7.25. The third-order valence-corrected chi connectivity index (χ3v) is 5.44. The van der Waals surface area contributed by atoms with Gasteiger partial charge >= 0.3 is 0 Å². The van der Waals surface area contributed by atoms with Crippen LogP contribution in [0.3, 0.4) is 0 Å². The van der Waals surface area contributed by atoms with Crippen LogP contribution in [0.25, 0.3) is 16.5 Å². The molecule has 1 amide bonds. The van der Waals surface area contributed by atoms with Crippen LogP contribution in [0, 0.1) is 0 Å². The number of allylic oxidation sites excluding steroid dienone is 1. The standard InChI is InChI=1S/C22H27NO4/c1-3-26-20-14-21-18(16-6-4-5-7-19(16)27-21)13-17(20)15(2)12-22(24)23-8-10-25-11-9-23/h12-14H,3-11H2,1-2H3/b15-12+. The minimum Gasteiger partial charge on any atom is -0.493 e. The average molecular weight is 369 g/mol. The van der Waals surface area contributed by atoms with Crippen molar-refractivity contribution in [3.05, 3.63) is 35.1 Å². The van der Waals surface area contributed by atoms with Crippen LogP contribution in [0.15, 0.2) is 22.6 Å². The molecule has 0 atom stereocenters. The smallest absolute Gasteiger partial charge is 0.247 e. The molecule has 5 nitrogen and oxygen atoms in total. The van der Waals surface area contributed by atoms with Gasteiger partial charge in [0.25, 0.3) is 0 Å². The van der Waals surface area contributed by atoms with Crippen molar-refractivity contribution >= 4 is 22.4 Å². The van der Waals surface area contributed by atoms with Gasteiger partial charge in [-0.3, -0.25) is 4.79 Å². The van der Waals surface area contributed by atoms with Crippen molar-refractivity contribution in [1.82, 2.24) is 4.90 Å².